The molecule has 0 radical (unpaired) electrons. The predicted octanol–water partition coefficient (Wildman–Crippen LogP) is 3.14. The van der Waals surface area contributed by atoms with Crippen LogP contribution in [-0.2, 0) is 4.79 Å². The molecule has 0 spiro atoms. The number of hydrogen-bond donors (Lipinski definition) is 1. The summed E-state index contributed by atoms with van der Waals surface area (Å²) in [5.41, 5.74) is -0.301. The highest BCUT2D eigenvalue weighted by Crippen LogP contribution is 2.64. The number of nitriles is 1. The first-order valence-electron chi connectivity index (χ1n) is 4.57. The topological polar surface area (TPSA) is 52.9 Å². The summed E-state index contributed by atoms with van der Waals surface area (Å²) >= 11 is 13.1. The maximum atomic E-state index is 11.9. The van der Waals surface area contributed by atoms with E-state index in [1.165, 1.54) is 11.3 Å². The van der Waals surface area contributed by atoms with Gasteiger partial charge >= 0.3 is 0 Å². The molecule has 1 aromatic rings. The Morgan fingerprint density at radius 2 is 2.31 bits per heavy atom. The monoisotopic (exact) mass is 274 g/mol. The molecule has 1 atom stereocenters. The molecule has 1 saturated carbocycles. The van der Waals surface area contributed by atoms with Gasteiger partial charge in [-0.25, -0.2) is 0 Å². The fraction of sp³-hybridized carbons (Fsp3) is 0.400. The van der Waals surface area contributed by atoms with Gasteiger partial charge in [0.05, 0.1) is 11.0 Å². The summed E-state index contributed by atoms with van der Waals surface area (Å²) < 4.78 is -0.985. The van der Waals surface area contributed by atoms with Crippen molar-refractivity contribution in [2.24, 2.45) is 5.41 Å². The van der Waals surface area contributed by atoms with E-state index >= 15 is 0 Å². The number of alkyl halides is 2. The van der Waals surface area contributed by atoms with Gasteiger partial charge in [0.15, 0.2) is 0 Å². The lowest BCUT2D eigenvalue weighted by molar-refractivity contribution is -0.120. The fourth-order valence-corrected chi connectivity index (χ4v) is 2.82. The molecule has 0 saturated heterocycles. The van der Waals surface area contributed by atoms with Crippen LogP contribution in [0, 0.1) is 16.7 Å². The molecular formula is C10H8Cl2N2OS. The molecule has 3 nitrogen and oxygen atoms in total. The molecule has 1 heterocycles. The van der Waals surface area contributed by atoms with E-state index in [0.29, 0.717) is 17.0 Å². The maximum absolute atomic E-state index is 11.9. The van der Waals surface area contributed by atoms with E-state index in [4.69, 9.17) is 28.5 Å². The second-order valence-electron chi connectivity index (χ2n) is 3.94. The van der Waals surface area contributed by atoms with E-state index in [1.54, 1.807) is 18.4 Å². The van der Waals surface area contributed by atoms with Crippen LogP contribution >= 0.6 is 34.5 Å². The van der Waals surface area contributed by atoms with Crippen LogP contribution in [0.5, 0.6) is 0 Å². The second-order valence-corrected chi connectivity index (χ2v) is 6.34. The summed E-state index contributed by atoms with van der Waals surface area (Å²) in [5, 5.41) is 13.8. The van der Waals surface area contributed by atoms with Gasteiger partial charge in [-0.3, -0.25) is 4.79 Å². The van der Waals surface area contributed by atoms with Gasteiger partial charge in [0.2, 0.25) is 5.91 Å². The van der Waals surface area contributed by atoms with E-state index in [1.807, 2.05) is 6.07 Å². The van der Waals surface area contributed by atoms with Gasteiger partial charge < -0.3 is 5.32 Å². The predicted molar refractivity (Wildman–Crippen MR) is 64.8 cm³/mol. The Kier molecular flexibility index (Phi) is 2.66. The smallest absolute Gasteiger partial charge is 0.234 e. The molecule has 16 heavy (non-hydrogen) atoms. The van der Waals surface area contributed by atoms with Crippen LogP contribution in [0.1, 0.15) is 18.9 Å². The van der Waals surface area contributed by atoms with E-state index < -0.39 is 9.75 Å². The first-order valence-corrected chi connectivity index (χ1v) is 6.21. The minimum Gasteiger partial charge on any atom is -0.316 e. The number of anilines is 1. The maximum Gasteiger partial charge on any atom is 0.234 e. The zero-order valence-corrected chi connectivity index (χ0v) is 10.7. The normalized spacial score (nSPS) is 25.9. The molecule has 0 bridgehead atoms. The first kappa shape index (κ1) is 11.7. The van der Waals surface area contributed by atoms with Gasteiger partial charge in [-0.15, -0.1) is 34.5 Å². The summed E-state index contributed by atoms with van der Waals surface area (Å²) in [4.78, 5) is 11.9. The van der Waals surface area contributed by atoms with Crippen molar-refractivity contribution in [2.45, 2.75) is 17.7 Å². The highest BCUT2D eigenvalue weighted by molar-refractivity contribution is 7.14. The van der Waals surface area contributed by atoms with Gasteiger partial charge in [0.25, 0.3) is 0 Å². The average molecular weight is 275 g/mol. The van der Waals surface area contributed by atoms with Crippen LogP contribution in [0.4, 0.5) is 5.00 Å². The number of nitrogens with one attached hydrogen (secondary N) is 1. The quantitative estimate of drug-likeness (QED) is 0.843. The Morgan fingerprint density at radius 3 is 2.81 bits per heavy atom. The SMILES string of the molecule is CC1(C(=O)Nc2sccc2C#N)CC1(Cl)Cl. The lowest BCUT2D eigenvalue weighted by atomic mass is 10.1. The number of amides is 1. The number of thiophene rings is 1. The third-order valence-corrected chi connectivity index (χ3v) is 4.70. The number of nitrogens with zero attached hydrogens (tertiary/aromatic N) is 1. The lowest BCUT2D eigenvalue weighted by Gasteiger charge is -2.11. The molecule has 1 amide bonds. The van der Waals surface area contributed by atoms with Crippen LogP contribution in [-0.4, -0.2) is 10.2 Å². The van der Waals surface area contributed by atoms with Crippen LogP contribution < -0.4 is 5.32 Å². The zero-order chi connectivity index (χ0) is 12.0. The zero-order valence-electron chi connectivity index (χ0n) is 8.38. The molecule has 6 heteroatoms. The van der Waals surface area contributed by atoms with Crippen molar-refractivity contribution < 1.29 is 4.79 Å². The number of rotatable bonds is 2. The second kappa shape index (κ2) is 3.63. The Morgan fingerprint density at radius 1 is 1.69 bits per heavy atom. The van der Waals surface area contributed by atoms with Gasteiger partial charge in [0, 0.05) is 0 Å². The Bertz CT molecular complexity index is 491. The van der Waals surface area contributed by atoms with Crippen LogP contribution in [0.3, 0.4) is 0 Å². The van der Waals surface area contributed by atoms with E-state index in [-0.39, 0.29) is 5.91 Å². The number of hydrogen-bond acceptors (Lipinski definition) is 3. The summed E-state index contributed by atoms with van der Waals surface area (Å²) in [6, 6.07) is 3.66. The summed E-state index contributed by atoms with van der Waals surface area (Å²) in [6.07, 6.45) is 0.433. The molecule has 1 aromatic heterocycles. The van der Waals surface area contributed by atoms with E-state index in [2.05, 4.69) is 5.32 Å². The van der Waals surface area contributed by atoms with Crippen LogP contribution in [0.25, 0.3) is 0 Å². The highest BCUT2D eigenvalue weighted by atomic mass is 35.5. The van der Waals surface area contributed by atoms with Crippen molar-refractivity contribution in [1.29, 1.82) is 5.26 Å². The molecule has 0 aliphatic heterocycles. The molecule has 2 rings (SSSR count). The Balaban J connectivity index is 2.13. The van der Waals surface area contributed by atoms with Gasteiger partial charge in [0.1, 0.15) is 15.4 Å². The van der Waals surface area contributed by atoms with Crippen molar-refractivity contribution in [3.8, 4) is 6.07 Å². The first-order chi connectivity index (χ1) is 7.40. The molecule has 1 unspecified atom stereocenters. The molecule has 84 valence electrons. The van der Waals surface area contributed by atoms with Gasteiger partial charge in [-0.1, -0.05) is 0 Å². The molecule has 1 fully saturated rings. The fourth-order valence-electron chi connectivity index (χ4n) is 1.38. The summed E-state index contributed by atoms with van der Waals surface area (Å²) in [5.74, 6) is -0.239. The highest BCUT2D eigenvalue weighted by Gasteiger charge is 2.67. The van der Waals surface area contributed by atoms with Crippen LogP contribution in [0.2, 0.25) is 0 Å². The molecule has 1 aliphatic rings. The van der Waals surface area contributed by atoms with Gasteiger partial charge in [-0.2, -0.15) is 5.26 Å². The van der Waals surface area contributed by atoms with E-state index in [9.17, 15) is 4.79 Å². The van der Waals surface area contributed by atoms with Crippen molar-refractivity contribution in [1.82, 2.24) is 0 Å². The lowest BCUT2D eigenvalue weighted by Crippen LogP contribution is -2.25. The molecule has 1 N–H and O–H groups in total. The number of carbonyl (C=O) groups excluding carboxylic acids is 1. The summed E-state index contributed by atoms with van der Waals surface area (Å²) in [7, 11) is 0. The molecule has 0 aromatic carbocycles. The van der Waals surface area contributed by atoms with Crippen molar-refractivity contribution in [3.63, 3.8) is 0 Å². The molecule has 1 aliphatic carbocycles. The van der Waals surface area contributed by atoms with E-state index in [0.717, 1.165) is 0 Å². The third-order valence-electron chi connectivity index (χ3n) is 2.77. The van der Waals surface area contributed by atoms with Gasteiger partial charge in [-0.05, 0) is 24.8 Å². The van der Waals surface area contributed by atoms with Crippen molar-refractivity contribution in [2.75, 3.05) is 5.32 Å². The average Bonchev–Trinajstić information content (AvgIpc) is 2.62. The van der Waals surface area contributed by atoms with Crippen molar-refractivity contribution in [3.05, 3.63) is 17.0 Å². The largest absolute Gasteiger partial charge is 0.316 e. The molecular weight excluding hydrogens is 267 g/mol. The number of halogens is 2. The standard InChI is InChI=1S/C10H8Cl2N2OS/c1-9(5-10(9,11)12)8(15)14-7-6(4-13)2-3-16-7/h2-3H,5H2,1H3,(H,14,15). The van der Waals surface area contributed by atoms with Crippen LogP contribution in [0.15, 0.2) is 11.4 Å². The third kappa shape index (κ3) is 1.69. The minimum absolute atomic E-state index is 0.239. The van der Waals surface area contributed by atoms with Crippen molar-refractivity contribution >= 4 is 45.4 Å². The number of carbonyl (C=O) groups is 1. The Hall–Kier alpha value is -0.760. The minimum atomic E-state index is -0.985. The summed E-state index contributed by atoms with van der Waals surface area (Å²) in [6.45, 7) is 1.71. The Labute approximate surface area is 107 Å².